The van der Waals surface area contributed by atoms with Crippen LogP contribution in [0, 0.1) is 0 Å². The first kappa shape index (κ1) is 16.1. The minimum atomic E-state index is -0.0512. The minimum absolute atomic E-state index is 0.0512. The number of oxime groups is 1. The molecule has 0 bridgehead atoms. The van der Waals surface area contributed by atoms with Crippen LogP contribution in [0.15, 0.2) is 60.0 Å². The Morgan fingerprint density at radius 3 is 2.54 bits per heavy atom. The molecule has 4 rings (SSSR count). The highest BCUT2D eigenvalue weighted by Crippen LogP contribution is 2.27. The highest BCUT2D eigenvalue weighted by molar-refractivity contribution is 6.28. The van der Waals surface area contributed by atoms with Gasteiger partial charge in [0.2, 0.25) is 5.78 Å². The minimum Gasteiger partial charge on any atom is -0.497 e. The first-order valence-corrected chi connectivity index (χ1v) is 8.17. The summed E-state index contributed by atoms with van der Waals surface area (Å²) in [5.41, 5.74) is 3.95. The Bertz CT molecular complexity index is 1000. The molecule has 0 atom stereocenters. The summed E-state index contributed by atoms with van der Waals surface area (Å²) >= 11 is 0. The van der Waals surface area contributed by atoms with Crippen molar-refractivity contribution in [3.63, 3.8) is 0 Å². The molecule has 6 nitrogen and oxygen atoms in total. The number of imidazole rings is 1. The Kier molecular flexibility index (Phi) is 4.01. The summed E-state index contributed by atoms with van der Waals surface area (Å²) in [4.78, 5) is 22.7. The van der Waals surface area contributed by atoms with Gasteiger partial charge < -0.3 is 14.1 Å². The van der Waals surface area contributed by atoms with E-state index in [0.717, 1.165) is 16.9 Å². The second-order valence-corrected chi connectivity index (χ2v) is 5.99. The maximum atomic E-state index is 12.7. The van der Waals surface area contributed by atoms with Gasteiger partial charge in [-0.05, 0) is 17.7 Å². The van der Waals surface area contributed by atoms with Crippen LogP contribution in [0.2, 0.25) is 0 Å². The van der Waals surface area contributed by atoms with Gasteiger partial charge in [-0.15, -0.1) is 0 Å². The zero-order valence-corrected chi connectivity index (χ0v) is 14.5. The molecule has 1 aliphatic carbocycles. The summed E-state index contributed by atoms with van der Waals surface area (Å²) < 4.78 is 6.86. The number of aryl methyl sites for hydroxylation is 1. The smallest absolute Gasteiger partial charge is 0.212 e. The lowest BCUT2D eigenvalue weighted by molar-refractivity contribution is 0.102. The molecule has 0 unspecified atom stereocenters. The van der Waals surface area contributed by atoms with Gasteiger partial charge in [0.05, 0.1) is 13.4 Å². The monoisotopic (exact) mass is 347 g/mol. The zero-order chi connectivity index (χ0) is 18.1. The molecule has 2 aromatic carbocycles. The molecule has 0 amide bonds. The van der Waals surface area contributed by atoms with Crippen molar-refractivity contribution >= 4 is 11.5 Å². The molecule has 0 saturated carbocycles. The Hall–Kier alpha value is -3.41. The number of carbonyl (C=O) groups excluding carboxylic acids is 1. The van der Waals surface area contributed by atoms with Crippen molar-refractivity contribution in [2.45, 2.75) is 6.61 Å². The van der Waals surface area contributed by atoms with E-state index in [-0.39, 0.29) is 5.78 Å². The van der Waals surface area contributed by atoms with E-state index >= 15 is 0 Å². The molecule has 6 heteroatoms. The number of benzene rings is 2. The number of ether oxygens (including phenoxy) is 1. The normalized spacial score (nSPS) is 14.1. The molecule has 0 radical (unpaired) electrons. The number of carbonyl (C=O) groups is 1. The third kappa shape index (κ3) is 2.65. The molecule has 0 fully saturated rings. The van der Waals surface area contributed by atoms with E-state index < -0.39 is 0 Å². The van der Waals surface area contributed by atoms with Crippen LogP contribution < -0.4 is 4.74 Å². The van der Waals surface area contributed by atoms with Gasteiger partial charge in [-0.25, -0.2) is 4.98 Å². The van der Waals surface area contributed by atoms with Crippen LogP contribution in [-0.4, -0.2) is 28.2 Å². The molecule has 26 heavy (non-hydrogen) atoms. The molecule has 130 valence electrons. The molecular formula is C20H17N3O3. The average Bonchev–Trinajstić information content (AvgIpc) is 3.07. The van der Waals surface area contributed by atoms with Crippen molar-refractivity contribution in [1.29, 1.82) is 0 Å². The van der Waals surface area contributed by atoms with Crippen LogP contribution in [-0.2, 0) is 18.5 Å². The van der Waals surface area contributed by atoms with Gasteiger partial charge in [0.15, 0.2) is 0 Å². The van der Waals surface area contributed by atoms with E-state index in [4.69, 9.17) is 9.57 Å². The van der Waals surface area contributed by atoms with Gasteiger partial charge in [-0.3, -0.25) is 4.79 Å². The van der Waals surface area contributed by atoms with Gasteiger partial charge in [0.25, 0.3) is 0 Å². The number of rotatable bonds is 4. The van der Waals surface area contributed by atoms with Crippen LogP contribution in [0.25, 0.3) is 0 Å². The fourth-order valence-corrected chi connectivity index (χ4v) is 3.00. The topological polar surface area (TPSA) is 65.7 Å². The lowest BCUT2D eigenvalue weighted by atomic mass is 9.89. The standard InChI is InChI=1S/C20H17N3O3/c1-23-12-21-18-17(15-5-3-4-6-16(15)20(24)19(18)23)22-26-11-13-7-9-14(25-2)10-8-13/h3-10,12H,11H2,1-2H3/b22-17+. The van der Waals surface area contributed by atoms with Crippen molar-refractivity contribution in [1.82, 2.24) is 9.55 Å². The van der Waals surface area contributed by atoms with Gasteiger partial charge >= 0.3 is 0 Å². The van der Waals surface area contributed by atoms with Crippen molar-refractivity contribution in [3.05, 3.63) is 82.9 Å². The van der Waals surface area contributed by atoms with Crippen LogP contribution in [0.3, 0.4) is 0 Å². The van der Waals surface area contributed by atoms with E-state index in [1.54, 1.807) is 31.1 Å². The zero-order valence-electron chi connectivity index (χ0n) is 14.5. The van der Waals surface area contributed by atoms with Gasteiger partial charge in [0.1, 0.15) is 29.5 Å². The predicted molar refractivity (Wildman–Crippen MR) is 96.5 cm³/mol. The number of hydrogen-bond acceptors (Lipinski definition) is 5. The van der Waals surface area contributed by atoms with E-state index in [0.29, 0.717) is 29.3 Å². The quantitative estimate of drug-likeness (QED) is 0.533. The van der Waals surface area contributed by atoms with Crippen LogP contribution in [0.1, 0.15) is 32.9 Å². The fraction of sp³-hybridized carbons (Fsp3) is 0.150. The first-order valence-electron chi connectivity index (χ1n) is 8.17. The second kappa shape index (κ2) is 6.48. The first-order chi connectivity index (χ1) is 12.7. The molecule has 1 aliphatic rings. The van der Waals surface area contributed by atoms with Crippen molar-refractivity contribution < 1.29 is 14.4 Å². The number of nitrogens with zero attached hydrogens (tertiary/aromatic N) is 3. The van der Waals surface area contributed by atoms with Gasteiger partial charge in [-0.1, -0.05) is 41.6 Å². The highest BCUT2D eigenvalue weighted by Gasteiger charge is 2.32. The Morgan fingerprint density at radius 1 is 1.08 bits per heavy atom. The molecule has 0 spiro atoms. The third-order valence-electron chi connectivity index (χ3n) is 4.35. The molecule has 0 N–H and O–H groups in total. The summed E-state index contributed by atoms with van der Waals surface area (Å²) in [6.07, 6.45) is 1.62. The van der Waals surface area contributed by atoms with E-state index in [1.807, 2.05) is 42.5 Å². The number of aromatic nitrogens is 2. The molecule has 1 heterocycles. The Balaban J connectivity index is 1.66. The largest absolute Gasteiger partial charge is 0.497 e. The van der Waals surface area contributed by atoms with Crippen molar-refractivity contribution in [2.75, 3.05) is 7.11 Å². The summed E-state index contributed by atoms with van der Waals surface area (Å²) in [7, 11) is 3.43. The van der Waals surface area contributed by atoms with Crippen molar-refractivity contribution in [2.24, 2.45) is 12.2 Å². The third-order valence-corrected chi connectivity index (χ3v) is 4.35. The number of hydrogen-bond donors (Lipinski definition) is 0. The summed E-state index contributed by atoms with van der Waals surface area (Å²) in [5.74, 6) is 0.739. The van der Waals surface area contributed by atoms with Gasteiger partial charge in [-0.2, -0.15) is 0 Å². The van der Waals surface area contributed by atoms with Crippen LogP contribution >= 0.6 is 0 Å². The van der Waals surface area contributed by atoms with E-state index in [2.05, 4.69) is 10.1 Å². The van der Waals surface area contributed by atoms with Crippen molar-refractivity contribution in [3.8, 4) is 5.75 Å². The lowest BCUT2D eigenvalue weighted by Crippen LogP contribution is -2.23. The number of methoxy groups -OCH3 is 1. The molecule has 0 aliphatic heterocycles. The van der Waals surface area contributed by atoms with Gasteiger partial charge in [0, 0.05) is 18.2 Å². The summed E-state index contributed by atoms with van der Waals surface area (Å²) in [5, 5.41) is 4.31. The van der Waals surface area contributed by atoms with Crippen LogP contribution in [0.5, 0.6) is 5.75 Å². The molecule has 1 aromatic heterocycles. The Morgan fingerprint density at radius 2 is 1.81 bits per heavy atom. The molecule has 0 saturated heterocycles. The summed E-state index contributed by atoms with van der Waals surface area (Å²) in [6.45, 7) is 0.311. The Labute approximate surface area is 150 Å². The molecular weight excluding hydrogens is 330 g/mol. The second-order valence-electron chi connectivity index (χ2n) is 5.99. The number of ketones is 1. The maximum absolute atomic E-state index is 12.7. The molecule has 3 aromatic rings. The average molecular weight is 347 g/mol. The van der Waals surface area contributed by atoms with E-state index in [1.165, 1.54) is 0 Å². The SMILES string of the molecule is COc1ccc(CO/N=C2\c3ccccc3C(=O)c3c2ncn3C)cc1. The van der Waals surface area contributed by atoms with E-state index in [9.17, 15) is 4.79 Å². The predicted octanol–water partition coefficient (Wildman–Crippen LogP) is 2.94. The fourth-order valence-electron chi connectivity index (χ4n) is 3.00. The maximum Gasteiger partial charge on any atom is 0.212 e. The summed E-state index contributed by atoms with van der Waals surface area (Å²) in [6, 6.07) is 15.0. The lowest BCUT2D eigenvalue weighted by Gasteiger charge is -2.17. The van der Waals surface area contributed by atoms with Crippen LogP contribution in [0.4, 0.5) is 0 Å². The highest BCUT2D eigenvalue weighted by atomic mass is 16.6. The number of fused-ring (bicyclic) bond motifs is 2.